The van der Waals surface area contributed by atoms with Crippen molar-refractivity contribution in [1.29, 1.82) is 0 Å². The first-order valence-electron chi connectivity index (χ1n) is 9.55. The van der Waals surface area contributed by atoms with Crippen LogP contribution in [-0.2, 0) is 14.3 Å². The first kappa shape index (κ1) is 19.7. The zero-order chi connectivity index (χ0) is 21.9. The van der Waals surface area contributed by atoms with Crippen LogP contribution in [0.4, 0.5) is 0 Å². The summed E-state index contributed by atoms with van der Waals surface area (Å²) < 4.78 is 10.5. The van der Waals surface area contributed by atoms with Gasteiger partial charge in [0.1, 0.15) is 5.58 Å². The number of carbonyl (C=O) groups is 2. The summed E-state index contributed by atoms with van der Waals surface area (Å²) in [5.41, 5.74) is 2.33. The van der Waals surface area contributed by atoms with Crippen molar-refractivity contribution in [3.63, 3.8) is 0 Å². The molecule has 5 rings (SSSR count). The largest absolute Gasteiger partial charge is 0.422 e. The summed E-state index contributed by atoms with van der Waals surface area (Å²) >= 11 is 2.94. The van der Waals surface area contributed by atoms with Gasteiger partial charge in [-0.2, -0.15) is 0 Å². The Bertz CT molecular complexity index is 1500. The molecule has 0 saturated carbocycles. The summed E-state index contributed by atoms with van der Waals surface area (Å²) in [6.45, 7) is 5.73. The normalized spacial score (nSPS) is 14.0. The van der Waals surface area contributed by atoms with E-state index >= 15 is 0 Å². The highest BCUT2D eigenvalue weighted by Gasteiger charge is 2.37. The fourth-order valence-electron chi connectivity index (χ4n) is 3.86. The average Bonchev–Trinajstić information content (AvgIpc) is 3.34. The second kappa shape index (κ2) is 7.14. The van der Waals surface area contributed by atoms with Gasteiger partial charge in [0.25, 0.3) is 0 Å². The van der Waals surface area contributed by atoms with E-state index in [9.17, 15) is 14.4 Å². The summed E-state index contributed by atoms with van der Waals surface area (Å²) in [6.07, 6.45) is 0. The highest BCUT2D eigenvalue weighted by molar-refractivity contribution is 7.15. The van der Waals surface area contributed by atoms with Crippen LogP contribution < -0.4 is 5.63 Å². The van der Waals surface area contributed by atoms with Crippen molar-refractivity contribution in [2.45, 2.75) is 20.8 Å². The molecule has 0 unspecified atom stereocenters. The summed E-state index contributed by atoms with van der Waals surface area (Å²) in [5.74, 6) is -1.31. The van der Waals surface area contributed by atoms with Crippen LogP contribution in [0.5, 0.6) is 0 Å². The number of cyclic esters (lactones) is 2. The SMILES string of the molecule is Cc1cc(C2=C(c3cc(-c4cc5ccccc5oc4=O)sc3C)C(=O)OC2=O)c(C)s1. The van der Waals surface area contributed by atoms with Crippen molar-refractivity contribution in [2.24, 2.45) is 0 Å². The van der Waals surface area contributed by atoms with E-state index in [0.29, 0.717) is 27.2 Å². The third-order valence-corrected chi connectivity index (χ3v) is 7.30. The van der Waals surface area contributed by atoms with Gasteiger partial charge in [-0.1, -0.05) is 18.2 Å². The number of rotatable bonds is 3. The van der Waals surface area contributed by atoms with Crippen LogP contribution in [0.3, 0.4) is 0 Å². The molecule has 154 valence electrons. The third kappa shape index (κ3) is 3.17. The summed E-state index contributed by atoms with van der Waals surface area (Å²) in [6, 6.07) is 12.8. The van der Waals surface area contributed by atoms with Crippen molar-refractivity contribution in [3.8, 4) is 10.4 Å². The number of para-hydroxylation sites is 1. The van der Waals surface area contributed by atoms with Gasteiger partial charge in [0.15, 0.2) is 0 Å². The van der Waals surface area contributed by atoms with E-state index in [4.69, 9.17) is 9.15 Å². The predicted molar refractivity (Wildman–Crippen MR) is 122 cm³/mol. The molecule has 5 nitrogen and oxygen atoms in total. The molecule has 0 saturated heterocycles. The van der Waals surface area contributed by atoms with E-state index in [-0.39, 0.29) is 11.1 Å². The number of hydrogen-bond acceptors (Lipinski definition) is 7. The maximum atomic E-state index is 12.7. The Kier molecular flexibility index (Phi) is 4.53. The molecule has 3 aromatic heterocycles. The van der Waals surface area contributed by atoms with Crippen LogP contribution in [0.15, 0.2) is 51.7 Å². The quantitative estimate of drug-likeness (QED) is 0.235. The van der Waals surface area contributed by atoms with Gasteiger partial charge in [-0.25, -0.2) is 14.4 Å². The van der Waals surface area contributed by atoms with Crippen LogP contribution in [0.1, 0.15) is 25.8 Å². The number of aryl methyl sites for hydroxylation is 3. The molecular formula is C24H16O5S2. The minimum atomic E-state index is -0.666. The molecule has 4 aromatic rings. The van der Waals surface area contributed by atoms with Crippen molar-refractivity contribution >= 4 is 56.7 Å². The molecule has 1 aliphatic heterocycles. The molecule has 0 aliphatic carbocycles. The van der Waals surface area contributed by atoms with Gasteiger partial charge in [-0.05, 0) is 45.0 Å². The first-order valence-corrected chi connectivity index (χ1v) is 11.2. The molecule has 0 radical (unpaired) electrons. The van der Waals surface area contributed by atoms with Crippen LogP contribution >= 0.6 is 22.7 Å². The van der Waals surface area contributed by atoms with Gasteiger partial charge in [0, 0.05) is 36.0 Å². The lowest BCUT2D eigenvalue weighted by Gasteiger charge is -2.02. The van der Waals surface area contributed by atoms with Gasteiger partial charge in [0.05, 0.1) is 16.7 Å². The topological polar surface area (TPSA) is 73.6 Å². The van der Waals surface area contributed by atoms with Crippen LogP contribution in [0, 0.1) is 20.8 Å². The van der Waals surface area contributed by atoms with Crippen molar-refractivity contribution in [2.75, 3.05) is 0 Å². The first-order chi connectivity index (χ1) is 14.8. The van der Waals surface area contributed by atoms with E-state index in [2.05, 4.69) is 0 Å². The maximum absolute atomic E-state index is 12.7. The van der Waals surface area contributed by atoms with Crippen LogP contribution in [-0.4, -0.2) is 11.9 Å². The number of hydrogen-bond donors (Lipinski definition) is 0. The zero-order valence-electron chi connectivity index (χ0n) is 16.9. The molecule has 0 amide bonds. The Morgan fingerprint density at radius 1 is 0.742 bits per heavy atom. The minimum Gasteiger partial charge on any atom is -0.422 e. The highest BCUT2D eigenvalue weighted by Crippen LogP contribution is 2.42. The molecule has 0 atom stereocenters. The molecule has 0 spiro atoms. The number of benzene rings is 1. The number of thiophene rings is 2. The molecular weight excluding hydrogens is 432 g/mol. The Morgan fingerprint density at radius 3 is 2.06 bits per heavy atom. The van der Waals surface area contributed by atoms with Gasteiger partial charge in [-0.3, -0.25) is 0 Å². The number of ether oxygens (including phenoxy) is 1. The summed E-state index contributed by atoms with van der Waals surface area (Å²) in [4.78, 5) is 41.3. The maximum Gasteiger partial charge on any atom is 0.347 e. The number of carbonyl (C=O) groups excluding carboxylic acids is 2. The smallest absolute Gasteiger partial charge is 0.347 e. The molecule has 0 fully saturated rings. The standard InChI is InChI=1S/C24H16O5S2/c1-11-8-15(12(2)30-11)20-21(24(27)29-23(20)26)16-10-19(31-13(16)3)17-9-14-6-4-5-7-18(14)28-22(17)25/h4-10H,1-3H3. The fraction of sp³-hybridized carbons (Fsp3) is 0.125. The van der Waals surface area contributed by atoms with Crippen molar-refractivity contribution in [1.82, 2.24) is 0 Å². The summed E-state index contributed by atoms with van der Waals surface area (Å²) in [5, 5.41) is 0.810. The molecule has 7 heteroatoms. The van der Waals surface area contributed by atoms with Gasteiger partial charge in [0.2, 0.25) is 0 Å². The van der Waals surface area contributed by atoms with E-state index in [1.807, 2.05) is 45.0 Å². The molecule has 4 heterocycles. The van der Waals surface area contributed by atoms with Crippen LogP contribution in [0.2, 0.25) is 0 Å². The predicted octanol–water partition coefficient (Wildman–Crippen LogP) is 5.50. The summed E-state index contributed by atoms with van der Waals surface area (Å²) in [7, 11) is 0. The van der Waals surface area contributed by atoms with E-state index in [0.717, 1.165) is 20.0 Å². The molecule has 1 aliphatic rings. The molecule has 31 heavy (non-hydrogen) atoms. The van der Waals surface area contributed by atoms with E-state index in [1.165, 1.54) is 11.3 Å². The Labute approximate surface area is 185 Å². The Balaban J connectivity index is 1.71. The van der Waals surface area contributed by atoms with Crippen LogP contribution in [0.25, 0.3) is 32.6 Å². The Hall–Kier alpha value is -3.29. The lowest BCUT2D eigenvalue weighted by atomic mass is 9.96. The minimum absolute atomic E-state index is 0.246. The van der Waals surface area contributed by atoms with E-state index in [1.54, 1.807) is 29.5 Å². The third-order valence-electron chi connectivity index (χ3n) is 5.25. The van der Waals surface area contributed by atoms with Gasteiger partial charge >= 0.3 is 17.6 Å². The van der Waals surface area contributed by atoms with E-state index < -0.39 is 17.6 Å². The zero-order valence-corrected chi connectivity index (χ0v) is 18.5. The second-order valence-electron chi connectivity index (χ2n) is 7.32. The van der Waals surface area contributed by atoms with Gasteiger partial charge < -0.3 is 9.15 Å². The Morgan fingerprint density at radius 2 is 1.39 bits per heavy atom. The van der Waals surface area contributed by atoms with Crippen molar-refractivity contribution < 1.29 is 18.7 Å². The lowest BCUT2D eigenvalue weighted by Crippen LogP contribution is -2.02. The van der Waals surface area contributed by atoms with Gasteiger partial charge in [-0.15, -0.1) is 22.7 Å². The number of fused-ring (bicyclic) bond motifs is 1. The molecule has 1 aromatic carbocycles. The molecule has 0 bridgehead atoms. The monoisotopic (exact) mass is 448 g/mol. The fourth-order valence-corrected chi connectivity index (χ4v) is 5.82. The highest BCUT2D eigenvalue weighted by atomic mass is 32.1. The molecule has 0 N–H and O–H groups in total. The second-order valence-corrected chi connectivity index (χ2v) is 10.0. The average molecular weight is 449 g/mol. The lowest BCUT2D eigenvalue weighted by molar-refractivity contribution is -0.149. The number of esters is 2. The van der Waals surface area contributed by atoms with Crippen molar-refractivity contribution in [3.05, 3.63) is 78.6 Å².